The maximum atomic E-state index is 4.98. The number of thiazole rings is 1. The molecule has 0 unspecified atom stereocenters. The molecule has 9 aromatic rings. The van der Waals surface area contributed by atoms with Gasteiger partial charge in [-0.05, 0) is 76.5 Å². The fourth-order valence-corrected chi connectivity index (χ4v) is 8.62. The van der Waals surface area contributed by atoms with Gasteiger partial charge in [0.05, 0.1) is 10.2 Å². The smallest absolute Gasteiger partial charge is 0.124 e. The van der Waals surface area contributed by atoms with Gasteiger partial charge >= 0.3 is 0 Å². The summed E-state index contributed by atoms with van der Waals surface area (Å²) in [4.78, 5) is 7.31. The molecule has 0 atom stereocenters. The predicted octanol–water partition coefficient (Wildman–Crippen LogP) is 12.6. The van der Waals surface area contributed by atoms with E-state index < -0.39 is 0 Å². The van der Waals surface area contributed by atoms with Crippen molar-refractivity contribution in [1.82, 2.24) is 4.98 Å². The maximum absolute atomic E-state index is 4.98. The standard InChI is InChI=1S/C41H26N2S2/c1-3-10-29(11-4-1)41-42-36-23-24-37-39(40(36)45-41)35-22-18-31(26-38(35)44-37)28-15-19-33(20-16-28)43(32-13-5-2-6-14-32)34-21-17-27-9-7-8-12-30(27)25-34/h1-26H. The Balaban J connectivity index is 1.10. The van der Waals surface area contributed by atoms with E-state index in [1.165, 1.54) is 52.3 Å². The summed E-state index contributed by atoms with van der Waals surface area (Å²) in [6.45, 7) is 0. The molecule has 0 bridgehead atoms. The van der Waals surface area contributed by atoms with Crippen LogP contribution in [0.15, 0.2) is 158 Å². The van der Waals surface area contributed by atoms with Crippen molar-refractivity contribution in [2.45, 2.75) is 0 Å². The van der Waals surface area contributed by atoms with Crippen LogP contribution in [0.4, 0.5) is 17.1 Å². The minimum atomic E-state index is 1.07. The molecule has 0 saturated carbocycles. The van der Waals surface area contributed by atoms with Crippen LogP contribution in [-0.2, 0) is 0 Å². The number of rotatable bonds is 5. The van der Waals surface area contributed by atoms with E-state index in [4.69, 9.17) is 4.98 Å². The molecule has 0 aliphatic heterocycles. The number of thiophene rings is 1. The fraction of sp³-hybridized carbons (Fsp3) is 0. The number of aromatic nitrogens is 1. The van der Waals surface area contributed by atoms with E-state index in [0.29, 0.717) is 0 Å². The molecule has 0 amide bonds. The molecule has 7 aromatic carbocycles. The molecular formula is C41H26N2S2. The lowest BCUT2D eigenvalue weighted by molar-refractivity contribution is 1.29. The van der Waals surface area contributed by atoms with Gasteiger partial charge in [0.1, 0.15) is 5.01 Å². The van der Waals surface area contributed by atoms with Crippen LogP contribution in [0.25, 0.3) is 62.9 Å². The van der Waals surface area contributed by atoms with Gasteiger partial charge in [0.2, 0.25) is 0 Å². The van der Waals surface area contributed by atoms with Gasteiger partial charge in [-0.25, -0.2) is 4.98 Å². The summed E-state index contributed by atoms with van der Waals surface area (Å²) in [5.41, 5.74) is 8.08. The molecule has 0 radical (unpaired) electrons. The first-order valence-corrected chi connectivity index (χ1v) is 16.7. The molecule has 45 heavy (non-hydrogen) atoms. The van der Waals surface area contributed by atoms with Gasteiger partial charge in [0.15, 0.2) is 0 Å². The van der Waals surface area contributed by atoms with Crippen LogP contribution in [0.3, 0.4) is 0 Å². The molecule has 9 rings (SSSR count). The molecule has 2 aromatic heterocycles. The van der Waals surface area contributed by atoms with E-state index >= 15 is 0 Å². The molecule has 212 valence electrons. The molecular weight excluding hydrogens is 585 g/mol. The highest BCUT2D eigenvalue weighted by Crippen LogP contribution is 2.44. The second kappa shape index (κ2) is 10.7. The summed E-state index contributed by atoms with van der Waals surface area (Å²) in [6, 6.07) is 56.6. The second-order valence-electron chi connectivity index (χ2n) is 11.2. The zero-order chi connectivity index (χ0) is 29.7. The van der Waals surface area contributed by atoms with Crippen molar-refractivity contribution >= 4 is 80.9 Å². The van der Waals surface area contributed by atoms with E-state index in [9.17, 15) is 0 Å². The second-order valence-corrected chi connectivity index (χ2v) is 13.3. The minimum absolute atomic E-state index is 1.07. The van der Waals surface area contributed by atoms with Crippen LogP contribution in [0, 0.1) is 0 Å². The van der Waals surface area contributed by atoms with Gasteiger partial charge in [0, 0.05) is 42.8 Å². The lowest BCUT2D eigenvalue weighted by Gasteiger charge is -2.26. The third-order valence-corrected chi connectivity index (χ3v) is 10.7. The summed E-state index contributed by atoms with van der Waals surface area (Å²) in [5.74, 6) is 0. The highest BCUT2D eigenvalue weighted by molar-refractivity contribution is 7.28. The zero-order valence-corrected chi connectivity index (χ0v) is 25.9. The van der Waals surface area contributed by atoms with E-state index in [1.54, 1.807) is 11.3 Å². The van der Waals surface area contributed by atoms with Crippen molar-refractivity contribution in [3.63, 3.8) is 0 Å². The largest absolute Gasteiger partial charge is 0.310 e. The van der Waals surface area contributed by atoms with Gasteiger partial charge < -0.3 is 4.90 Å². The van der Waals surface area contributed by atoms with E-state index in [2.05, 4.69) is 163 Å². The molecule has 0 fully saturated rings. The van der Waals surface area contributed by atoms with Crippen molar-refractivity contribution in [3.05, 3.63) is 158 Å². The van der Waals surface area contributed by atoms with Crippen molar-refractivity contribution in [2.24, 2.45) is 0 Å². The van der Waals surface area contributed by atoms with Crippen molar-refractivity contribution in [3.8, 4) is 21.7 Å². The molecule has 0 N–H and O–H groups in total. The number of benzene rings is 7. The average Bonchev–Trinajstić information content (AvgIpc) is 3.71. The molecule has 2 nitrogen and oxygen atoms in total. The summed E-state index contributed by atoms with van der Waals surface area (Å²) < 4.78 is 3.88. The van der Waals surface area contributed by atoms with Gasteiger partial charge in [-0.2, -0.15) is 0 Å². The molecule has 0 spiro atoms. The van der Waals surface area contributed by atoms with Crippen LogP contribution < -0.4 is 4.90 Å². The predicted molar refractivity (Wildman–Crippen MR) is 196 cm³/mol. The zero-order valence-electron chi connectivity index (χ0n) is 24.2. The Kier molecular flexibility index (Phi) is 6.22. The van der Waals surface area contributed by atoms with Gasteiger partial charge in [-0.1, -0.05) is 103 Å². The molecule has 0 aliphatic carbocycles. The lowest BCUT2D eigenvalue weighted by Crippen LogP contribution is -2.09. The lowest BCUT2D eigenvalue weighted by atomic mass is 10.0. The van der Waals surface area contributed by atoms with Crippen LogP contribution in [0.2, 0.25) is 0 Å². The Bertz CT molecular complexity index is 2480. The third-order valence-electron chi connectivity index (χ3n) is 8.48. The first kappa shape index (κ1) is 26.1. The van der Waals surface area contributed by atoms with E-state index in [-0.39, 0.29) is 0 Å². The Labute approximate surface area is 269 Å². The number of nitrogens with zero attached hydrogens (tertiary/aromatic N) is 2. The Hall–Kier alpha value is -5.29. The SMILES string of the molecule is c1ccc(-c2nc3ccc4sc5cc(-c6ccc(N(c7ccccc7)c7ccc8ccccc8c7)cc6)ccc5c4c3s2)cc1. The highest BCUT2D eigenvalue weighted by atomic mass is 32.1. The Morgan fingerprint density at radius 2 is 1.13 bits per heavy atom. The summed E-state index contributed by atoms with van der Waals surface area (Å²) >= 11 is 3.66. The summed E-state index contributed by atoms with van der Waals surface area (Å²) in [5, 5.41) is 6.17. The number of fused-ring (bicyclic) bond motifs is 6. The van der Waals surface area contributed by atoms with Crippen LogP contribution in [-0.4, -0.2) is 4.98 Å². The van der Waals surface area contributed by atoms with E-state index in [1.807, 2.05) is 11.3 Å². The number of hydrogen-bond donors (Lipinski definition) is 0. The van der Waals surface area contributed by atoms with Crippen molar-refractivity contribution in [1.29, 1.82) is 0 Å². The quantitative estimate of drug-likeness (QED) is 0.193. The Morgan fingerprint density at radius 1 is 0.444 bits per heavy atom. The van der Waals surface area contributed by atoms with Gasteiger partial charge in [0.25, 0.3) is 0 Å². The molecule has 0 aliphatic rings. The van der Waals surface area contributed by atoms with Crippen LogP contribution in [0.5, 0.6) is 0 Å². The third kappa shape index (κ3) is 4.58. The highest BCUT2D eigenvalue weighted by Gasteiger charge is 2.16. The monoisotopic (exact) mass is 610 g/mol. The fourth-order valence-electron chi connectivity index (χ4n) is 6.27. The molecule has 2 heterocycles. The summed E-state index contributed by atoms with van der Waals surface area (Å²) in [6.07, 6.45) is 0. The average molecular weight is 611 g/mol. The number of hydrogen-bond acceptors (Lipinski definition) is 4. The van der Waals surface area contributed by atoms with Crippen LogP contribution >= 0.6 is 22.7 Å². The topological polar surface area (TPSA) is 16.1 Å². The van der Waals surface area contributed by atoms with Crippen LogP contribution in [0.1, 0.15) is 0 Å². The summed E-state index contributed by atoms with van der Waals surface area (Å²) in [7, 11) is 0. The van der Waals surface area contributed by atoms with Crippen molar-refractivity contribution in [2.75, 3.05) is 4.90 Å². The molecule has 0 saturated heterocycles. The van der Waals surface area contributed by atoms with Gasteiger partial charge in [-0.15, -0.1) is 22.7 Å². The number of anilines is 3. The first-order chi connectivity index (χ1) is 22.3. The normalized spacial score (nSPS) is 11.6. The minimum Gasteiger partial charge on any atom is -0.310 e. The maximum Gasteiger partial charge on any atom is 0.124 e. The van der Waals surface area contributed by atoms with Gasteiger partial charge in [-0.3, -0.25) is 0 Å². The van der Waals surface area contributed by atoms with Crippen molar-refractivity contribution < 1.29 is 0 Å². The number of para-hydroxylation sites is 1. The Morgan fingerprint density at radius 3 is 1.96 bits per heavy atom. The van der Waals surface area contributed by atoms with E-state index in [0.717, 1.165) is 27.6 Å². The first-order valence-electron chi connectivity index (χ1n) is 15.0. The molecule has 4 heteroatoms.